The number of amides is 1. The molecule has 1 aliphatic rings. The van der Waals surface area contributed by atoms with E-state index in [2.05, 4.69) is 15.9 Å². The number of hydrogen-bond donors (Lipinski definition) is 0. The number of rotatable bonds is 2. The largest absolute Gasteiger partial charge is 0.391 e. The van der Waals surface area contributed by atoms with Gasteiger partial charge in [0.15, 0.2) is 0 Å². The number of nitrogens with zero attached hydrogens (tertiary/aromatic N) is 1. The minimum atomic E-state index is -4.14. The summed E-state index contributed by atoms with van der Waals surface area (Å²) in [5.41, 5.74) is 1.93. The third-order valence-electron chi connectivity index (χ3n) is 3.89. The van der Waals surface area contributed by atoms with Gasteiger partial charge < -0.3 is 4.90 Å². The Kier molecular flexibility index (Phi) is 4.96. The third kappa shape index (κ3) is 4.22. The quantitative estimate of drug-likeness (QED) is 0.774. The second-order valence-electron chi connectivity index (χ2n) is 5.46. The minimum absolute atomic E-state index is 0.00854. The molecule has 0 spiro atoms. The van der Waals surface area contributed by atoms with Gasteiger partial charge in [-0.25, -0.2) is 0 Å². The van der Waals surface area contributed by atoms with E-state index >= 15 is 0 Å². The van der Waals surface area contributed by atoms with E-state index in [9.17, 15) is 18.0 Å². The van der Waals surface area contributed by atoms with E-state index in [1.54, 1.807) is 4.90 Å². The average Bonchev–Trinajstić information content (AvgIpc) is 2.42. The zero-order valence-electron chi connectivity index (χ0n) is 11.7. The smallest absolute Gasteiger partial charge is 0.342 e. The summed E-state index contributed by atoms with van der Waals surface area (Å²) in [5.74, 6) is -1.37. The van der Waals surface area contributed by atoms with Crippen LogP contribution in [-0.2, 0) is 11.2 Å². The molecule has 6 heteroatoms. The van der Waals surface area contributed by atoms with Crippen LogP contribution < -0.4 is 0 Å². The SMILES string of the molecule is Cc1cc(CC(=O)N2CCC(C(F)(F)F)CC2)ccc1Br. The van der Waals surface area contributed by atoms with Gasteiger partial charge in [-0.15, -0.1) is 0 Å². The highest BCUT2D eigenvalue weighted by Crippen LogP contribution is 2.34. The molecule has 0 saturated carbocycles. The number of benzene rings is 1. The summed E-state index contributed by atoms with van der Waals surface area (Å²) in [6.45, 7) is 2.32. The fourth-order valence-corrected chi connectivity index (χ4v) is 2.81. The van der Waals surface area contributed by atoms with Crippen LogP contribution in [-0.4, -0.2) is 30.1 Å². The lowest BCUT2D eigenvalue weighted by Gasteiger charge is -2.33. The molecule has 1 aromatic rings. The lowest BCUT2D eigenvalue weighted by Crippen LogP contribution is -2.42. The summed E-state index contributed by atoms with van der Waals surface area (Å²) in [6.07, 6.45) is -3.88. The Balaban J connectivity index is 1.92. The fourth-order valence-electron chi connectivity index (χ4n) is 2.56. The number of carbonyl (C=O) groups is 1. The minimum Gasteiger partial charge on any atom is -0.342 e. The number of aryl methyl sites for hydroxylation is 1. The number of piperidine rings is 1. The number of alkyl halides is 3. The van der Waals surface area contributed by atoms with Crippen molar-refractivity contribution < 1.29 is 18.0 Å². The number of likely N-dealkylation sites (tertiary alicyclic amines) is 1. The van der Waals surface area contributed by atoms with Crippen LogP contribution in [0, 0.1) is 12.8 Å². The van der Waals surface area contributed by atoms with Crippen molar-refractivity contribution in [2.45, 2.75) is 32.4 Å². The maximum Gasteiger partial charge on any atom is 0.391 e. The Morgan fingerprint density at radius 3 is 2.48 bits per heavy atom. The molecule has 1 aliphatic heterocycles. The Bertz CT molecular complexity index is 522. The molecule has 2 rings (SSSR count). The van der Waals surface area contributed by atoms with E-state index in [1.165, 1.54) is 0 Å². The molecule has 1 amide bonds. The van der Waals surface area contributed by atoms with E-state index in [0.717, 1.165) is 15.6 Å². The van der Waals surface area contributed by atoms with Crippen LogP contribution in [0.4, 0.5) is 13.2 Å². The molecule has 0 atom stereocenters. The second-order valence-corrected chi connectivity index (χ2v) is 6.31. The first-order valence-electron chi connectivity index (χ1n) is 6.87. The van der Waals surface area contributed by atoms with Gasteiger partial charge in [-0.1, -0.05) is 28.1 Å². The molecule has 0 radical (unpaired) electrons. The molecule has 2 nitrogen and oxygen atoms in total. The molecule has 0 aromatic heterocycles. The molecule has 0 aliphatic carbocycles. The summed E-state index contributed by atoms with van der Waals surface area (Å²) in [4.78, 5) is 13.7. The molecule has 116 valence electrons. The number of hydrogen-bond acceptors (Lipinski definition) is 1. The molecule has 1 aromatic carbocycles. The van der Waals surface area contributed by atoms with Crippen LogP contribution in [0.15, 0.2) is 22.7 Å². The van der Waals surface area contributed by atoms with Crippen molar-refractivity contribution in [1.82, 2.24) is 4.90 Å². The monoisotopic (exact) mass is 363 g/mol. The Hall–Kier alpha value is -1.04. The highest BCUT2D eigenvalue weighted by atomic mass is 79.9. The zero-order valence-corrected chi connectivity index (χ0v) is 13.3. The van der Waals surface area contributed by atoms with Gasteiger partial charge >= 0.3 is 6.18 Å². The van der Waals surface area contributed by atoms with Crippen LogP contribution in [0.5, 0.6) is 0 Å². The van der Waals surface area contributed by atoms with Gasteiger partial charge in [-0.05, 0) is 37.0 Å². The van der Waals surface area contributed by atoms with Crippen LogP contribution in [0.25, 0.3) is 0 Å². The topological polar surface area (TPSA) is 20.3 Å². The highest BCUT2D eigenvalue weighted by molar-refractivity contribution is 9.10. The van der Waals surface area contributed by atoms with Crippen molar-refractivity contribution in [3.05, 3.63) is 33.8 Å². The number of carbonyl (C=O) groups excluding carboxylic acids is 1. The maximum atomic E-state index is 12.6. The molecule has 0 N–H and O–H groups in total. The van der Waals surface area contributed by atoms with E-state index < -0.39 is 12.1 Å². The lowest BCUT2D eigenvalue weighted by molar-refractivity contribution is -0.186. The first kappa shape index (κ1) is 16.3. The van der Waals surface area contributed by atoms with E-state index in [4.69, 9.17) is 0 Å². The first-order chi connectivity index (χ1) is 9.77. The zero-order chi connectivity index (χ0) is 15.6. The van der Waals surface area contributed by atoms with Crippen molar-refractivity contribution in [1.29, 1.82) is 0 Å². The maximum absolute atomic E-state index is 12.6. The van der Waals surface area contributed by atoms with Crippen molar-refractivity contribution in [2.24, 2.45) is 5.92 Å². The fraction of sp³-hybridized carbons (Fsp3) is 0.533. The Morgan fingerprint density at radius 2 is 1.95 bits per heavy atom. The second kappa shape index (κ2) is 6.38. The van der Waals surface area contributed by atoms with Gasteiger partial charge in [0.25, 0.3) is 0 Å². The van der Waals surface area contributed by atoms with Gasteiger partial charge in [0, 0.05) is 17.6 Å². The Labute approximate surface area is 130 Å². The summed E-state index contributed by atoms with van der Waals surface area (Å²) in [7, 11) is 0. The summed E-state index contributed by atoms with van der Waals surface area (Å²) >= 11 is 3.40. The molecule has 21 heavy (non-hydrogen) atoms. The van der Waals surface area contributed by atoms with Crippen LogP contribution >= 0.6 is 15.9 Å². The van der Waals surface area contributed by atoms with Gasteiger partial charge in [-0.2, -0.15) is 13.2 Å². The normalized spacial score (nSPS) is 17.1. The number of halogens is 4. The lowest BCUT2D eigenvalue weighted by atomic mass is 9.96. The van der Waals surface area contributed by atoms with Crippen molar-refractivity contribution in [3.63, 3.8) is 0 Å². The molecule has 1 fully saturated rings. The summed E-state index contributed by atoms with van der Waals surface area (Å²) in [5, 5.41) is 0. The van der Waals surface area contributed by atoms with E-state index in [0.29, 0.717) is 0 Å². The summed E-state index contributed by atoms with van der Waals surface area (Å²) in [6, 6.07) is 5.66. The van der Waals surface area contributed by atoms with Crippen LogP contribution in [0.3, 0.4) is 0 Å². The molecule has 1 saturated heterocycles. The average molecular weight is 364 g/mol. The molecular weight excluding hydrogens is 347 g/mol. The van der Waals surface area contributed by atoms with Gasteiger partial charge in [-0.3, -0.25) is 4.79 Å². The van der Waals surface area contributed by atoms with E-state index in [-0.39, 0.29) is 38.3 Å². The summed E-state index contributed by atoms with van der Waals surface area (Å²) < 4.78 is 38.7. The van der Waals surface area contributed by atoms with E-state index in [1.807, 2.05) is 25.1 Å². The predicted molar refractivity (Wildman–Crippen MR) is 77.9 cm³/mol. The standard InChI is InChI=1S/C15H17BrF3NO/c1-10-8-11(2-3-13(10)16)9-14(21)20-6-4-12(5-7-20)15(17,18)19/h2-3,8,12H,4-7,9H2,1H3. The van der Waals surface area contributed by atoms with Gasteiger partial charge in [0.05, 0.1) is 12.3 Å². The van der Waals surface area contributed by atoms with Gasteiger partial charge in [0.2, 0.25) is 5.91 Å². The highest BCUT2D eigenvalue weighted by Gasteiger charge is 2.41. The first-order valence-corrected chi connectivity index (χ1v) is 7.66. The Morgan fingerprint density at radius 1 is 1.33 bits per heavy atom. The molecular formula is C15H17BrF3NO. The van der Waals surface area contributed by atoms with Crippen molar-refractivity contribution >= 4 is 21.8 Å². The van der Waals surface area contributed by atoms with Crippen molar-refractivity contribution in [2.75, 3.05) is 13.1 Å². The predicted octanol–water partition coefficient (Wildman–Crippen LogP) is 4.10. The van der Waals surface area contributed by atoms with Crippen molar-refractivity contribution in [3.8, 4) is 0 Å². The van der Waals surface area contributed by atoms with Crippen LogP contribution in [0.1, 0.15) is 24.0 Å². The van der Waals surface area contributed by atoms with Gasteiger partial charge in [0.1, 0.15) is 0 Å². The third-order valence-corrected chi connectivity index (χ3v) is 4.78. The van der Waals surface area contributed by atoms with Crippen LogP contribution in [0.2, 0.25) is 0 Å². The molecule has 1 heterocycles. The molecule has 0 unspecified atom stereocenters. The molecule has 0 bridgehead atoms.